The van der Waals surface area contributed by atoms with E-state index in [0.29, 0.717) is 18.5 Å². The molecule has 0 fully saturated rings. The third-order valence-electron chi connectivity index (χ3n) is 2.64. The highest BCUT2D eigenvalue weighted by molar-refractivity contribution is 9.10. The van der Waals surface area contributed by atoms with Gasteiger partial charge in [0.1, 0.15) is 5.78 Å². The fourth-order valence-corrected chi connectivity index (χ4v) is 2.31. The van der Waals surface area contributed by atoms with E-state index in [0.717, 1.165) is 15.6 Å². The Balaban J connectivity index is 2.01. The minimum Gasteiger partial charge on any atom is -0.399 e. The normalized spacial score (nSPS) is 10.3. The van der Waals surface area contributed by atoms with Gasteiger partial charge in [-0.05, 0) is 35.4 Å². The minimum atomic E-state index is 0.193. The van der Waals surface area contributed by atoms with Crippen molar-refractivity contribution in [2.24, 2.45) is 0 Å². The molecular formula is C15H14BrNO. The summed E-state index contributed by atoms with van der Waals surface area (Å²) in [7, 11) is 0. The molecule has 0 heterocycles. The van der Waals surface area contributed by atoms with Gasteiger partial charge in [0.2, 0.25) is 0 Å². The molecule has 0 bridgehead atoms. The van der Waals surface area contributed by atoms with Crippen molar-refractivity contribution >= 4 is 27.4 Å². The summed E-state index contributed by atoms with van der Waals surface area (Å²) in [5, 5.41) is 0. The van der Waals surface area contributed by atoms with Gasteiger partial charge in [0.15, 0.2) is 0 Å². The molecule has 2 N–H and O–H groups in total. The van der Waals surface area contributed by atoms with E-state index in [9.17, 15) is 4.79 Å². The van der Waals surface area contributed by atoms with Crippen molar-refractivity contribution in [3.05, 3.63) is 64.1 Å². The lowest BCUT2D eigenvalue weighted by Gasteiger charge is -2.03. The minimum absolute atomic E-state index is 0.193. The van der Waals surface area contributed by atoms with E-state index in [1.54, 1.807) is 0 Å². The lowest BCUT2D eigenvalue weighted by atomic mass is 10.0. The number of nitrogens with two attached hydrogens (primary N) is 1. The van der Waals surface area contributed by atoms with Crippen LogP contribution in [0.4, 0.5) is 5.69 Å². The second kappa shape index (κ2) is 5.83. The third-order valence-corrected chi connectivity index (χ3v) is 3.14. The first-order valence-electron chi connectivity index (χ1n) is 5.74. The standard InChI is InChI=1S/C15H14BrNO/c16-13-5-1-3-11(7-13)9-15(18)10-12-4-2-6-14(17)8-12/h1-8H,9-10,17H2. The Kier molecular flexibility index (Phi) is 4.15. The molecule has 0 spiro atoms. The van der Waals surface area contributed by atoms with Gasteiger partial charge in [-0.25, -0.2) is 0 Å². The maximum Gasteiger partial charge on any atom is 0.141 e. The Hall–Kier alpha value is -1.61. The molecular weight excluding hydrogens is 290 g/mol. The maximum atomic E-state index is 11.9. The summed E-state index contributed by atoms with van der Waals surface area (Å²) in [5.41, 5.74) is 8.38. The molecule has 3 heteroatoms. The molecule has 2 aromatic carbocycles. The van der Waals surface area contributed by atoms with E-state index in [-0.39, 0.29) is 5.78 Å². The fourth-order valence-electron chi connectivity index (χ4n) is 1.87. The number of hydrogen-bond donors (Lipinski definition) is 1. The summed E-state index contributed by atoms with van der Waals surface area (Å²) in [6.45, 7) is 0. The lowest BCUT2D eigenvalue weighted by molar-refractivity contribution is -0.117. The van der Waals surface area contributed by atoms with Crippen molar-refractivity contribution in [3.63, 3.8) is 0 Å². The second-order valence-electron chi connectivity index (χ2n) is 4.27. The zero-order valence-electron chi connectivity index (χ0n) is 9.90. The molecule has 2 nitrogen and oxygen atoms in total. The number of ketones is 1. The quantitative estimate of drug-likeness (QED) is 0.880. The maximum absolute atomic E-state index is 11.9. The van der Waals surface area contributed by atoms with Crippen LogP contribution in [0.2, 0.25) is 0 Å². The van der Waals surface area contributed by atoms with Crippen molar-refractivity contribution in [1.29, 1.82) is 0 Å². The first kappa shape index (κ1) is 12.8. The number of nitrogen functional groups attached to an aromatic ring is 1. The SMILES string of the molecule is Nc1cccc(CC(=O)Cc2cccc(Br)c2)c1. The number of rotatable bonds is 4. The monoisotopic (exact) mass is 303 g/mol. The average molecular weight is 304 g/mol. The molecule has 0 atom stereocenters. The molecule has 0 aliphatic rings. The first-order chi connectivity index (χ1) is 8.63. The molecule has 0 aliphatic carbocycles. The summed E-state index contributed by atoms with van der Waals surface area (Å²) < 4.78 is 0.997. The fraction of sp³-hybridized carbons (Fsp3) is 0.133. The van der Waals surface area contributed by atoms with Crippen LogP contribution in [0.15, 0.2) is 53.0 Å². The Morgan fingerprint density at radius 1 is 1.00 bits per heavy atom. The van der Waals surface area contributed by atoms with E-state index < -0.39 is 0 Å². The van der Waals surface area contributed by atoms with Crippen molar-refractivity contribution in [3.8, 4) is 0 Å². The van der Waals surface area contributed by atoms with Gasteiger partial charge in [-0.1, -0.05) is 40.2 Å². The molecule has 0 saturated carbocycles. The summed E-state index contributed by atoms with van der Waals surface area (Å²) in [6, 6.07) is 15.3. The van der Waals surface area contributed by atoms with Crippen LogP contribution in [0.1, 0.15) is 11.1 Å². The van der Waals surface area contributed by atoms with Crippen molar-refractivity contribution in [2.75, 3.05) is 5.73 Å². The van der Waals surface area contributed by atoms with Crippen LogP contribution in [0, 0.1) is 0 Å². The highest BCUT2D eigenvalue weighted by Gasteiger charge is 2.05. The van der Waals surface area contributed by atoms with E-state index in [1.807, 2.05) is 48.5 Å². The number of carbonyl (C=O) groups is 1. The van der Waals surface area contributed by atoms with Gasteiger partial charge in [0.05, 0.1) is 0 Å². The smallest absolute Gasteiger partial charge is 0.141 e. The highest BCUT2D eigenvalue weighted by atomic mass is 79.9. The van der Waals surface area contributed by atoms with Crippen LogP contribution in [0.5, 0.6) is 0 Å². The van der Waals surface area contributed by atoms with Gasteiger partial charge in [-0.2, -0.15) is 0 Å². The first-order valence-corrected chi connectivity index (χ1v) is 6.53. The highest BCUT2D eigenvalue weighted by Crippen LogP contribution is 2.14. The molecule has 0 unspecified atom stereocenters. The van der Waals surface area contributed by atoms with Crippen LogP contribution in [0.3, 0.4) is 0 Å². The predicted octanol–water partition coefficient (Wildman–Crippen LogP) is 3.39. The zero-order valence-corrected chi connectivity index (χ0v) is 11.5. The molecule has 0 aliphatic heterocycles. The second-order valence-corrected chi connectivity index (χ2v) is 5.18. The van der Waals surface area contributed by atoms with Gasteiger partial charge in [0, 0.05) is 23.0 Å². The van der Waals surface area contributed by atoms with E-state index in [2.05, 4.69) is 15.9 Å². The summed E-state index contributed by atoms with van der Waals surface area (Å²) in [5.74, 6) is 0.193. The molecule has 0 saturated heterocycles. The van der Waals surface area contributed by atoms with E-state index in [4.69, 9.17) is 5.73 Å². The molecule has 2 rings (SSSR count). The molecule has 0 amide bonds. The van der Waals surface area contributed by atoms with Crippen molar-refractivity contribution < 1.29 is 4.79 Å². The average Bonchev–Trinajstić information content (AvgIpc) is 2.28. The largest absolute Gasteiger partial charge is 0.399 e. The Bertz CT molecular complexity index is 516. The zero-order chi connectivity index (χ0) is 13.0. The Labute approximate surface area is 115 Å². The summed E-state index contributed by atoms with van der Waals surface area (Å²) >= 11 is 3.40. The van der Waals surface area contributed by atoms with Crippen LogP contribution < -0.4 is 5.73 Å². The molecule has 0 aromatic heterocycles. The van der Waals surface area contributed by atoms with Crippen molar-refractivity contribution in [2.45, 2.75) is 12.8 Å². The molecule has 2 aromatic rings. The number of Topliss-reactive ketones (excluding diaryl/α,β-unsaturated/α-hetero) is 1. The van der Waals surface area contributed by atoms with E-state index in [1.165, 1.54) is 0 Å². The number of benzene rings is 2. The summed E-state index contributed by atoms with van der Waals surface area (Å²) in [4.78, 5) is 11.9. The van der Waals surface area contributed by atoms with Crippen LogP contribution in [-0.2, 0) is 17.6 Å². The van der Waals surface area contributed by atoms with Gasteiger partial charge in [-0.3, -0.25) is 4.79 Å². The Morgan fingerprint density at radius 2 is 1.61 bits per heavy atom. The third kappa shape index (κ3) is 3.70. The Morgan fingerprint density at radius 3 is 2.22 bits per heavy atom. The lowest BCUT2D eigenvalue weighted by Crippen LogP contribution is -2.06. The van der Waals surface area contributed by atoms with Crippen LogP contribution in [0.25, 0.3) is 0 Å². The van der Waals surface area contributed by atoms with Crippen molar-refractivity contribution in [1.82, 2.24) is 0 Å². The van der Waals surface area contributed by atoms with E-state index >= 15 is 0 Å². The van der Waals surface area contributed by atoms with Gasteiger partial charge >= 0.3 is 0 Å². The molecule has 0 radical (unpaired) electrons. The van der Waals surface area contributed by atoms with Gasteiger partial charge in [0.25, 0.3) is 0 Å². The number of anilines is 1. The van der Waals surface area contributed by atoms with Crippen LogP contribution in [-0.4, -0.2) is 5.78 Å². The summed E-state index contributed by atoms with van der Waals surface area (Å²) in [6.07, 6.45) is 0.881. The van der Waals surface area contributed by atoms with Crippen LogP contribution >= 0.6 is 15.9 Å². The number of carbonyl (C=O) groups excluding carboxylic acids is 1. The topological polar surface area (TPSA) is 43.1 Å². The number of halogens is 1. The molecule has 18 heavy (non-hydrogen) atoms. The van der Waals surface area contributed by atoms with Gasteiger partial charge < -0.3 is 5.73 Å². The van der Waals surface area contributed by atoms with Gasteiger partial charge in [-0.15, -0.1) is 0 Å². The molecule has 92 valence electrons. The predicted molar refractivity (Wildman–Crippen MR) is 77.4 cm³/mol. The number of hydrogen-bond acceptors (Lipinski definition) is 2.